The van der Waals surface area contributed by atoms with Crippen LogP contribution >= 0.6 is 47.2 Å². The zero-order valence-corrected chi connectivity index (χ0v) is 17.4. The molecule has 2 heterocycles. The summed E-state index contributed by atoms with van der Waals surface area (Å²) in [6.07, 6.45) is 0.650. The monoisotopic (exact) mass is 471 g/mol. The van der Waals surface area contributed by atoms with Crippen LogP contribution in [0.2, 0.25) is 10.0 Å². The second-order valence-electron chi connectivity index (χ2n) is 5.83. The Labute approximate surface area is 183 Å². The van der Waals surface area contributed by atoms with Crippen molar-refractivity contribution in [3.8, 4) is 11.3 Å². The number of carboxylic acids is 2. The molecule has 7 nitrogen and oxygen atoms in total. The van der Waals surface area contributed by atoms with Crippen LogP contribution in [0.5, 0.6) is 0 Å². The van der Waals surface area contributed by atoms with E-state index in [9.17, 15) is 19.5 Å². The third-order valence-corrected chi connectivity index (χ3v) is 5.96. The standard InChI is InChI=1S/C18H11Cl2NO6S2/c19-10-3-1-8(5-11(10)20)13-4-2-9(27-13)6-14-16(24)21(18(28)29-14)12(17(25)26)7-15(22)23/h1-6,12H,7H2,(H,22,23)(H,25,26)/b14-6-/t12-/m1/s1. The average molecular weight is 472 g/mol. The molecule has 29 heavy (non-hydrogen) atoms. The molecule has 1 atom stereocenters. The van der Waals surface area contributed by atoms with Gasteiger partial charge in [-0.3, -0.25) is 14.5 Å². The highest BCUT2D eigenvalue weighted by Crippen LogP contribution is 2.36. The molecule has 2 aromatic rings. The van der Waals surface area contributed by atoms with Gasteiger partial charge in [0.1, 0.15) is 21.9 Å². The van der Waals surface area contributed by atoms with Gasteiger partial charge in [0.05, 0.1) is 21.4 Å². The van der Waals surface area contributed by atoms with Crippen molar-refractivity contribution in [3.63, 3.8) is 0 Å². The maximum Gasteiger partial charge on any atom is 0.327 e. The number of carboxylic acid groups (broad SMARTS) is 2. The summed E-state index contributed by atoms with van der Waals surface area (Å²) in [6.45, 7) is 0. The van der Waals surface area contributed by atoms with Crippen LogP contribution < -0.4 is 0 Å². The number of aliphatic carboxylic acids is 2. The molecule has 0 radical (unpaired) electrons. The predicted molar refractivity (Wildman–Crippen MR) is 113 cm³/mol. The van der Waals surface area contributed by atoms with Crippen molar-refractivity contribution in [2.75, 3.05) is 0 Å². The Morgan fingerprint density at radius 1 is 1.21 bits per heavy atom. The van der Waals surface area contributed by atoms with Gasteiger partial charge < -0.3 is 14.6 Å². The van der Waals surface area contributed by atoms with Crippen molar-refractivity contribution in [2.45, 2.75) is 12.5 Å². The molecule has 2 N–H and O–H groups in total. The van der Waals surface area contributed by atoms with Gasteiger partial charge in [0.25, 0.3) is 5.91 Å². The van der Waals surface area contributed by atoms with Crippen molar-refractivity contribution in [1.29, 1.82) is 0 Å². The van der Waals surface area contributed by atoms with E-state index in [2.05, 4.69) is 0 Å². The van der Waals surface area contributed by atoms with Gasteiger partial charge in [0, 0.05) is 11.6 Å². The van der Waals surface area contributed by atoms with Crippen LogP contribution in [0, 0.1) is 0 Å². The summed E-state index contributed by atoms with van der Waals surface area (Å²) in [5, 5.41) is 19.0. The lowest BCUT2D eigenvalue weighted by molar-refractivity contribution is -0.150. The summed E-state index contributed by atoms with van der Waals surface area (Å²) in [6, 6.07) is 6.69. The highest BCUT2D eigenvalue weighted by molar-refractivity contribution is 8.26. The van der Waals surface area contributed by atoms with Gasteiger partial charge in [0.2, 0.25) is 0 Å². The van der Waals surface area contributed by atoms with Crippen LogP contribution in [0.25, 0.3) is 17.4 Å². The third-order valence-electron chi connectivity index (χ3n) is 3.89. The lowest BCUT2D eigenvalue weighted by Crippen LogP contribution is -2.45. The van der Waals surface area contributed by atoms with E-state index in [0.29, 0.717) is 27.1 Å². The Balaban J connectivity index is 1.86. The molecule has 1 aliphatic rings. The van der Waals surface area contributed by atoms with Crippen molar-refractivity contribution < 1.29 is 29.0 Å². The molecule has 1 fully saturated rings. The maximum atomic E-state index is 12.6. The van der Waals surface area contributed by atoms with Gasteiger partial charge in [-0.25, -0.2) is 4.79 Å². The largest absolute Gasteiger partial charge is 0.481 e. The van der Waals surface area contributed by atoms with Crippen LogP contribution in [0.1, 0.15) is 12.2 Å². The van der Waals surface area contributed by atoms with E-state index in [-0.39, 0.29) is 9.23 Å². The van der Waals surface area contributed by atoms with Crippen LogP contribution in [-0.2, 0) is 14.4 Å². The molecule has 150 valence electrons. The van der Waals surface area contributed by atoms with E-state index in [0.717, 1.165) is 16.7 Å². The number of hydrogen-bond acceptors (Lipinski definition) is 6. The fraction of sp³-hybridized carbons (Fsp3) is 0.111. The van der Waals surface area contributed by atoms with Gasteiger partial charge in [0.15, 0.2) is 0 Å². The summed E-state index contributed by atoms with van der Waals surface area (Å²) < 4.78 is 5.67. The van der Waals surface area contributed by atoms with Gasteiger partial charge in [-0.1, -0.05) is 47.2 Å². The van der Waals surface area contributed by atoms with Gasteiger partial charge in [-0.15, -0.1) is 0 Å². The van der Waals surface area contributed by atoms with Crippen LogP contribution in [0.4, 0.5) is 0 Å². The fourth-order valence-electron chi connectivity index (χ4n) is 2.57. The molecule has 0 unspecified atom stereocenters. The Bertz CT molecular complexity index is 1060. The molecule has 1 saturated heterocycles. The molecule has 3 rings (SSSR count). The quantitative estimate of drug-likeness (QED) is 0.471. The average Bonchev–Trinajstić information content (AvgIpc) is 3.20. The van der Waals surface area contributed by atoms with Crippen molar-refractivity contribution in [3.05, 3.63) is 51.0 Å². The van der Waals surface area contributed by atoms with Crippen molar-refractivity contribution >= 4 is 75.4 Å². The molecule has 0 bridgehead atoms. The number of hydrogen-bond donors (Lipinski definition) is 2. The summed E-state index contributed by atoms with van der Waals surface area (Å²) in [7, 11) is 0. The first-order valence-corrected chi connectivity index (χ1v) is 9.92. The number of carbonyl (C=O) groups excluding carboxylic acids is 1. The first kappa shape index (κ1) is 21.4. The van der Waals surface area contributed by atoms with E-state index < -0.39 is 30.3 Å². The Morgan fingerprint density at radius 2 is 1.93 bits per heavy atom. The Morgan fingerprint density at radius 3 is 2.55 bits per heavy atom. The lowest BCUT2D eigenvalue weighted by Gasteiger charge is -2.21. The predicted octanol–water partition coefficient (Wildman–Crippen LogP) is 4.38. The minimum atomic E-state index is -1.59. The number of halogens is 2. The van der Waals surface area contributed by atoms with E-state index >= 15 is 0 Å². The number of nitrogens with zero attached hydrogens (tertiary/aromatic N) is 1. The number of furan rings is 1. The smallest absolute Gasteiger partial charge is 0.327 e. The van der Waals surface area contributed by atoms with E-state index in [4.69, 9.17) is 44.9 Å². The summed E-state index contributed by atoms with van der Waals surface area (Å²) >= 11 is 17.9. The molecule has 0 saturated carbocycles. The van der Waals surface area contributed by atoms with Crippen LogP contribution in [0.15, 0.2) is 39.7 Å². The van der Waals surface area contributed by atoms with Crippen LogP contribution in [0.3, 0.4) is 0 Å². The van der Waals surface area contributed by atoms with Gasteiger partial charge in [-0.05, 0) is 30.3 Å². The lowest BCUT2D eigenvalue weighted by atomic mass is 10.2. The molecule has 1 aromatic carbocycles. The number of rotatable bonds is 6. The van der Waals surface area contributed by atoms with Gasteiger partial charge >= 0.3 is 11.9 Å². The van der Waals surface area contributed by atoms with E-state index in [1.807, 2.05) is 0 Å². The number of benzene rings is 1. The molecule has 11 heteroatoms. The molecule has 1 aromatic heterocycles. The third kappa shape index (κ3) is 4.64. The first-order chi connectivity index (χ1) is 13.7. The molecule has 1 aliphatic heterocycles. The molecular formula is C18H11Cl2NO6S2. The SMILES string of the molecule is O=C(O)C[C@H](C(=O)O)N1C(=O)/C(=C/c2ccc(-c3ccc(Cl)c(Cl)c3)o2)SC1=S. The Kier molecular flexibility index (Phi) is 6.33. The van der Waals surface area contributed by atoms with Gasteiger partial charge in [-0.2, -0.15) is 0 Å². The molecular weight excluding hydrogens is 461 g/mol. The molecule has 0 aliphatic carbocycles. The second kappa shape index (κ2) is 8.58. The number of amides is 1. The summed E-state index contributed by atoms with van der Waals surface area (Å²) in [5.41, 5.74) is 0.680. The minimum absolute atomic E-state index is 0.0360. The molecule has 1 amide bonds. The number of thioether (sulfide) groups is 1. The highest BCUT2D eigenvalue weighted by atomic mass is 35.5. The highest BCUT2D eigenvalue weighted by Gasteiger charge is 2.41. The minimum Gasteiger partial charge on any atom is -0.481 e. The maximum absolute atomic E-state index is 12.6. The molecule has 0 spiro atoms. The van der Waals surface area contributed by atoms with Crippen molar-refractivity contribution in [1.82, 2.24) is 4.90 Å². The van der Waals surface area contributed by atoms with E-state index in [1.54, 1.807) is 30.3 Å². The second-order valence-corrected chi connectivity index (χ2v) is 8.32. The van der Waals surface area contributed by atoms with E-state index in [1.165, 1.54) is 6.08 Å². The summed E-state index contributed by atoms with van der Waals surface area (Å²) in [5.74, 6) is -2.69. The van der Waals surface area contributed by atoms with Crippen LogP contribution in [-0.4, -0.2) is 43.3 Å². The topological polar surface area (TPSA) is 108 Å². The van der Waals surface area contributed by atoms with Crippen molar-refractivity contribution in [2.24, 2.45) is 0 Å². The first-order valence-electron chi connectivity index (χ1n) is 7.94. The number of thiocarbonyl (C=S) groups is 1. The number of carbonyl (C=O) groups is 3. The fourth-order valence-corrected chi connectivity index (χ4v) is 4.20. The Hall–Kier alpha value is -2.33. The zero-order valence-electron chi connectivity index (χ0n) is 14.3. The summed E-state index contributed by atoms with van der Waals surface area (Å²) in [4.78, 5) is 35.9. The normalized spacial score (nSPS) is 16.5. The zero-order chi connectivity index (χ0) is 21.3.